The molecule has 1 aliphatic carbocycles. The number of halogens is 1. The van der Waals surface area contributed by atoms with Crippen molar-refractivity contribution in [2.24, 2.45) is 5.92 Å². The number of nitrogens with zero attached hydrogens (tertiary/aromatic N) is 2. The third kappa shape index (κ3) is 1.70. The third-order valence-electron chi connectivity index (χ3n) is 3.08. The van der Waals surface area contributed by atoms with E-state index in [4.69, 9.17) is 16.7 Å². The number of benzene rings is 1. The molecule has 0 saturated heterocycles. The second kappa shape index (κ2) is 3.75. The first-order valence-electron chi connectivity index (χ1n) is 5.53. The van der Waals surface area contributed by atoms with E-state index < -0.39 is 0 Å². The van der Waals surface area contributed by atoms with E-state index in [0.717, 1.165) is 28.9 Å². The summed E-state index contributed by atoms with van der Waals surface area (Å²) in [6, 6.07) is 5.82. The van der Waals surface area contributed by atoms with Crippen molar-refractivity contribution in [2.45, 2.75) is 26.0 Å². The highest BCUT2D eigenvalue weighted by Crippen LogP contribution is 2.33. The van der Waals surface area contributed by atoms with Gasteiger partial charge >= 0.3 is 0 Å². The largest absolute Gasteiger partial charge is 0.392 e. The average Bonchev–Trinajstić information content (AvgIpc) is 3.05. The molecule has 3 nitrogen and oxygen atoms in total. The van der Waals surface area contributed by atoms with E-state index >= 15 is 0 Å². The SMILES string of the molecule is OCc1ccc2c(c1)c(Cl)nn2CC1CC1. The zero-order valence-electron chi connectivity index (χ0n) is 8.86. The molecule has 1 aromatic heterocycles. The van der Waals surface area contributed by atoms with Gasteiger partial charge in [-0.2, -0.15) is 5.10 Å². The Balaban J connectivity index is 2.08. The summed E-state index contributed by atoms with van der Waals surface area (Å²) in [5.74, 6) is 0.775. The van der Waals surface area contributed by atoms with Crippen LogP contribution in [0.2, 0.25) is 5.15 Å². The minimum absolute atomic E-state index is 0.0417. The van der Waals surface area contributed by atoms with E-state index in [-0.39, 0.29) is 6.61 Å². The van der Waals surface area contributed by atoms with Gasteiger partial charge < -0.3 is 5.11 Å². The minimum atomic E-state index is 0.0417. The van der Waals surface area contributed by atoms with Crippen molar-refractivity contribution >= 4 is 22.5 Å². The van der Waals surface area contributed by atoms with Gasteiger partial charge in [-0.15, -0.1) is 0 Å². The highest BCUT2D eigenvalue weighted by Gasteiger charge is 2.23. The number of hydrogen-bond acceptors (Lipinski definition) is 2. The Hall–Kier alpha value is -1.06. The van der Waals surface area contributed by atoms with E-state index in [2.05, 4.69) is 5.10 Å². The molecule has 0 atom stereocenters. The molecule has 1 heterocycles. The molecule has 1 saturated carbocycles. The Labute approximate surface area is 98.6 Å². The monoisotopic (exact) mass is 236 g/mol. The Morgan fingerprint density at radius 3 is 2.94 bits per heavy atom. The molecule has 0 radical (unpaired) electrons. The standard InChI is InChI=1S/C12H13ClN2O/c13-12-10-5-9(7-16)3-4-11(10)15(14-12)6-8-1-2-8/h3-5,8,16H,1-2,6-7H2. The zero-order chi connectivity index (χ0) is 11.1. The fraction of sp³-hybridized carbons (Fsp3) is 0.417. The zero-order valence-corrected chi connectivity index (χ0v) is 9.61. The van der Waals surface area contributed by atoms with Crippen LogP contribution >= 0.6 is 11.6 Å². The molecule has 0 bridgehead atoms. The smallest absolute Gasteiger partial charge is 0.158 e. The molecule has 1 N–H and O–H groups in total. The summed E-state index contributed by atoms with van der Waals surface area (Å²) in [7, 11) is 0. The highest BCUT2D eigenvalue weighted by molar-refractivity contribution is 6.34. The molecule has 0 spiro atoms. The molecule has 0 amide bonds. The molecule has 84 valence electrons. The normalized spacial score (nSPS) is 15.9. The van der Waals surface area contributed by atoms with Crippen molar-refractivity contribution in [2.75, 3.05) is 0 Å². The van der Waals surface area contributed by atoms with Gasteiger partial charge in [0.1, 0.15) is 0 Å². The minimum Gasteiger partial charge on any atom is -0.392 e. The Bertz CT molecular complexity index is 531. The van der Waals surface area contributed by atoms with Crippen LogP contribution in [0.25, 0.3) is 10.9 Å². The van der Waals surface area contributed by atoms with Gasteiger partial charge in [0.05, 0.1) is 12.1 Å². The van der Waals surface area contributed by atoms with Crippen molar-refractivity contribution in [3.05, 3.63) is 28.9 Å². The van der Waals surface area contributed by atoms with E-state index in [1.807, 2.05) is 22.9 Å². The molecule has 1 fully saturated rings. The van der Waals surface area contributed by atoms with E-state index in [0.29, 0.717) is 5.15 Å². The fourth-order valence-corrected chi connectivity index (χ4v) is 2.21. The molecule has 16 heavy (non-hydrogen) atoms. The average molecular weight is 237 g/mol. The lowest BCUT2D eigenvalue weighted by molar-refractivity contribution is 0.282. The van der Waals surface area contributed by atoms with Crippen LogP contribution < -0.4 is 0 Å². The summed E-state index contributed by atoms with van der Waals surface area (Å²) < 4.78 is 1.98. The van der Waals surface area contributed by atoms with Gasteiger partial charge in [0, 0.05) is 11.9 Å². The molecule has 0 unspecified atom stereocenters. The van der Waals surface area contributed by atoms with Crippen LogP contribution in [0, 0.1) is 5.92 Å². The van der Waals surface area contributed by atoms with Crippen molar-refractivity contribution < 1.29 is 5.11 Å². The van der Waals surface area contributed by atoms with Gasteiger partial charge in [0.2, 0.25) is 0 Å². The lowest BCUT2D eigenvalue weighted by Gasteiger charge is -2.01. The second-order valence-corrected chi connectivity index (χ2v) is 4.78. The van der Waals surface area contributed by atoms with Gasteiger partial charge in [0.15, 0.2) is 5.15 Å². The Morgan fingerprint density at radius 1 is 1.44 bits per heavy atom. The van der Waals surface area contributed by atoms with E-state index in [9.17, 15) is 0 Å². The quantitative estimate of drug-likeness (QED) is 0.890. The van der Waals surface area contributed by atoms with Crippen LogP contribution in [0.1, 0.15) is 18.4 Å². The fourth-order valence-electron chi connectivity index (χ4n) is 1.97. The third-order valence-corrected chi connectivity index (χ3v) is 3.36. The maximum absolute atomic E-state index is 9.08. The number of aromatic nitrogens is 2. The van der Waals surface area contributed by atoms with E-state index in [1.165, 1.54) is 12.8 Å². The summed E-state index contributed by atoms with van der Waals surface area (Å²) in [6.45, 7) is 1.00. The molecule has 0 aliphatic heterocycles. The number of aliphatic hydroxyl groups is 1. The van der Waals surface area contributed by atoms with E-state index in [1.54, 1.807) is 0 Å². The van der Waals surface area contributed by atoms with Crippen molar-refractivity contribution in [3.8, 4) is 0 Å². The predicted molar refractivity (Wildman–Crippen MR) is 63.4 cm³/mol. The maximum atomic E-state index is 9.08. The topological polar surface area (TPSA) is 38.1 Å². The first-order chi connectivity index (χ1) is 7.78. The number of hydrogen-bond donors (Lipinski definition) is 1. The molecule has 2 aromatic rings. The van der Waals surface area contributed by atoms with Gasteiger partial charge in [-0.25, -0.2) is 0 Å². The summed E-state index contributed by atoms with van der Waals surface area (Å²) in [6.07, 6.45) is 2.60. The van der Waals surface area contributed by atoms with Crippen LogP contribution in [-0.2, 0) is 13.2 Å². The van der Waals surface area contributed by atoms with Crippen LogP contribution in [0.5, 0.6) is 0 Å². The summed E-state index contributed by atoms with van der Waals surface area (Å²) in [5, 5.41) is 14.9. The molecule has 1 aromatic carbocycles. The second-order valence-electron chi connectivity index (χ2n) is 4.43. The summed E-state index contributed by atoms with van der Waals surface area (Å²) >= 11 is 6.10. The van der Waals surface area contributed by atoms with Crippen LogP contribution in [-0.4, -0.2) is 14.9 Å². The lowest BCUT2D eigenvalue weighted by Crippen LogP contribution is -2.01. The van der Waals surface area contributed by atoms with Crippen LogP contribution in [0.4, 0.5) is 0 Å². The molecular weight excluding hydrogens is 224 g/mol. The van der Waals surface area contributed by atoms with Gasteiger partial charge in [0.25, 0.3) is 0 Å². The molecular formula is C12H13ClN2O. The lowest BCUT2D eigenvalue weighted by atomic mass is 10.2. The van der Waals surface area contributed by atoms with Crippen molar-refractivity contribution in [1.82, 2.24) is 9.78 Å². The van der Waals surface area contributed by atoms with Gasteiger partial charge in [-0.1, -0.05) is 17.7 Å². The highest BCUT2D eigenvalue weighted by atomic mass is 35.5. The Morgan fingerprint density at radius 2 is 2.25 bits per heavy atom. The van der Waals surface area contributed by atoms with Crippen molar-refractivity contribution in [3.63, 3.8) is 0 Å². The first kappa shape index (κ1) is 10.1. The summed E-state index contributed by atoms with van der Waals surface area (Å²) in [4.78, 5) is 0. The number of aliphatic hydroxyl groups excluding tert-OH is 1. The van der Waals surface area contributed by atoms with Crippen molar-refractivity contribution in [1.29, 1.82) is 0 Å². The van der Waals surface area contributed by atoms with Gasteiger partial charge in [-0.05, 0) is 36.5 Å². The predicted octanol–water partition coefficient (Wildman–Crippen LogP) is 2.59. The first-order valence-corrected chi connectivity index (χ1v) is 5.91. The Kier molecular flexibility index (Phi) is 2.37. The van der Waals surface area contributed by atoms with Gasteiger partial charge in [-0.3, -0.25) is 4.68 Å². The molecule has 4 heteroatoms. The maximum Gasteiger partial charge on any atom is 0.158 e. The van der Waals surface area contributed by atoms with Crippen LogP contribution in [0.3, 0.4) is 0 Å². The molecule has 1 aliphatic rings. The summed E-state index contributed by atoms with van der Waals surface area (Å²) in [5.41, 5.74) is 1.94. The van der Waals surface area contributed by atoms with Crippen LogP contribution in [0.15, 0.2) is 18.2 Å². The number of rotatable bonds is 3. The number of fused-ring (bicyclic) bond motifs is 1. The molecule has 3 rings (SSSR count).